The lowest BCUT2D eigenvalue weighted by Crippen LogP contribution is -2.46. The Balaban J connectivity index is 2.55. The Morgan fingerprint density at radius 2 is 1.85 bits per heavy atom. The largest absolute Gasteiger partial charge is 0.405 e. The van der Waals surface area contributed by atoms with E-state index in [1.807, 2.05) is 42.6 Å². The number of nitrogens with one attached hydrogen (secondary N) is 2. The number of carbonyl (C=O) groups is 1. The quantitative estimate of drug-likeness (QED) is 0.845. The van der Waals surface area contributed by atoms with Gasteiger partial charge in [-0.25, -0.2) is 0 Å². The van der Waals surface area contributed by atoms with Gasteiger partial charge in [-0.15, -0.1) is 0 Å². The minimum Gasteiger partial charge on any atom is -0.346 e. The zero-order valence-corrected chi connectivity index (χ0v) is 11.5. The third-order valence-corrected chi connectivity index (χ3v) is 2.92. The topological polar surface area (TPSA) is 41.1 Å². The molecule has 1 aromatic carbocycles. The molecule has 0 aliphatic rings. The maximum Gasteiger partial charge on any atom is 0.405 e. The average molecular weight is 288 g/mol. The molecule has 3 nitrogen and oxygen atoms in total. The van der Waals surface area contributed by atoms with Gasteiger partial charge in [0.25, 0.3) is 0 Å². The number of amides is 1. The fourth-order valence-electron chi connectivity index (χ4n) is 1.85. The predicted molar refractivity (Wildman–Crippen MR) is 71.1 cm³/mol. The predicted octanol–water partition coefficient (Wildman–Crippen LogP) is 2.79. The first-order valence-electron chi connectivity index (χ1n) is 6.49. The first-order valence-corrected chi connectivity index (χ1v) is 6.49. The summed E-state index contributed by atoms with van der Waals surface area (Å²) in [6.45, 7) is 2.20. The third-order valence-electron chi connectivity index (χ3n) is 2.92. The Labute approximate surface area is 116 Å². The van der Waals surface area contributed by atoms with Crippen molar-refractivity contribution in [2.24, 2.45) is 0 Å². The molecule has 0 fully saturated rings. The van der Waals surface area contributed by atoms with Crippen LogP contribution in [-0.2, 0) is 4.79 Å². The van der Waals surface area contributed by atoms with Crippen LogP contribution in [0, 0.1) is 0 Å². The molecule has 2 N–H and O–H groups in total. The summed E-state index contributed by atoms with van der Waals surface area (Å²) >= 11 is 0. The molecular formula is C14H19F3N2O. The van der Waals surface area contributed by atoms with Crippen LogP contribution in [0.5, 0.6) is 0 Å². The van der Waals surface area contributed by atoms with Crippen molar-refractivity contribution in [3.8, 4) is 0 Å². The highest BCUT2D eigenvalue weighted by molar-refractivity contribution is 5.81. The van der Waals surface area contributed by atoms with Crippen LogP contribution < -0.4 is 10.6 Å². The maximum absolute atomic E-state index is 12.0. The van der Waals surface area contributed by atoms with E-state index in [2.05, 4.69) is 5.32 Å². The summed E-state index contributed by atoms with van der Waals surface area (Å²) in [4.78, 5) is 11.6. The van der Waals surface area contributed by atoms with Crippen molar-refractivity contribution in [3.05, 3.63) is 35.9 Å². The third kappa shape index (κ3) is 5.61. The number of hydrogen-bond donors (Lipinski definition) is 2. The van der Waals surface area contributed by atoms with Gasteiger partial charge in [-0.2, -0.15) is 13.2 Å². The molecule has 0 saturated carbocycles. The van der Waals surface area contributed by atoms with Gasteiger partial charge in [0.05, 0.1) is 6.04 Å². The number of benzene rings is 1. The van der Waals surface area contributed by atoms with Crippen LogP contribution in [0.4, 0.5) is 13.2 Å². The van der Waals surface area contributed by atoms with Gasteiger partial charge in [0.1, 0.15) is 6.54 Å². The Kier molecular flexibility index (Phi) is 6.01. The fourth-order valence-corrected chi connectivity index (χ4v) is 1.85. The molecule has 1 amide bonds. The summed E-state index contributed by atoms with van der Waals surface area (Å²) < 4.78 is 36.1. The maximum atomic E-state index is 12.0. The molecule has 0 saturated heterocycles. The highest BCUT2D eigenvalue weighted by Crippen LogP contribution is 2.17. The molecule has 0 heterocycles. The highest BCUT2D eigenvalue weighted by Gasteiger charge is 2.29. The molecule has 2 atom stereocenters. The van der Waals surface area contributed by atoms with Crippen molar-refractivity contribution in [2.45, 2.75) is 38.5 Å². The smallest absolute Gasteiger partial charge is 0.346 e. The molecule has 0 aliphatic carbocycles. The Morgan fingerprint density at radius 3 is 2.35 bits per heavy atom. The summed E-state index contributed by atoms with van der Waals surface area (Å²) in [5.41, 5.74) is 1.01. The fraction of sp³-hybridized carbons (Fsp3) is 0.500. The van der Waals surface area contributed by atoms with E-state index >= 15 is 0 Å². The van der Waals surface area contributed by atoms with Crippen molar-refractivity contribution >= 4 is 5.91 Å². The van der Waals surface area contributed by atoms with Gasteiger partial charge < -0.3 is 5.32 Å². The van der Waals surface area contributed by atoms with Gasteiger partial charge in [0.2, 0.25) is 5.91 Å². The van der Waals surface area contributed by atoms with Gasteiger partial charge >= 0.3 is 6.18 Å². The molecular weight excluding hydrogens is 269 g/mol. The number of rotatable bonds is 6. The second-order valence-electron chi connectivity index (χ2n) is 4.59. The van der Waals surface area contributed by atoms with Crippen LogP contribution in [0.1, 0.15) is 31.9 Å². The van der Waals surface area contributed by atoms with Crippen LogP contribution in [-0.4, -0.2) is 24.7 Å². The van der Waals surface area contributed by atoms with Crippen molar-refractivity contribution in [1.29, 1.82) is 0 Å². The minimum absolute atomic E-state index is 0.0668. The lowest BCUT2D eigenvalue weighted by molar-refractivity contribution is -0.139. The van der Waals surface area contributed by atoms with Crippen molar-refractivity contribution < 1.29 is 18.0 Å². The van der Waals surface area contributed by atoms with Crippen molar-refractivity contribution in [3.63, 3.8) is 0 Å². The minimum atomic E-state index is -4.39. The monoisotopic (exact) mass is 288 g/mol. The standard InChI is InChI=1S/C14H19F3N2O/c1-3-12(11-7-5-4-6-8-11)19-10(2)13(20)18-9-14(15,16)17/h4-8,10,12,19H,3,9H2,1-2H3,(H,18,20). The van der Waals surface area contributed by atoms with Gasteiger partial charge in [-0.1, -0.05) is 37.3 Å². The van der Waals surface area contributed by atoms with Crippen LogP contribution >= 0.6 is 0 Å². The molecule has 0 spiro atoms. The zero-order chi connectivity index (χ0) is 15.2. The van der Waals surface area contributed by atoms with E-state index in [0.717, 1.165) is 12.0 Å². The van der Waals surface area contributed by atoms with Gasteiger partial charge in [0, 0.05) is 6.04 Å². The summed E-state index contributed by atoms with van der Waals surface area (Å²) in [5.74, 6) is -0.656. The van der Waals surface area contributed by atoms with Crippen LogP contribution in [0.3, 0.4) is 0 Å². The van der Waals surface area contributed by atoms with E-state index in [1.54, 1.807) is 6.92 Å². The summed E-state index contributed by atoms with van der Waals surface area (Å²) in [6.07, 6.45) is -3.65. The molecule has 2 unspecified atom stereocenters. The van der Waals surface area contributed by atoms with Crippen molar-refractivity contribution in [2.75, 3.05) is 6.54 Å². The van der Waals surface area contributed by atoms with Crippen LogP contribution in [0.15, 0.2) is 30.3 Å². The Bertz CT molecular complexity index is 420. The van der Waals surface area contributed by atoms with Gasteiger partial charge in [-0.05, 0) is 18.9 Å². The molecule has 0 aromatic heterocycles. The zero-order valence-electron chi connectivity index (χ0n) is 11.5. The van der Waals surface area contributed by atoms with E-state index in [1.165, 1.54) is 0 Å². The molecule has 0 bridgehead atoms. The van der Waals surface area contributed by atoms with E-state index in [4.69, 9.17) is 0 Å². The second kappa shape index (κ2) is 7.28. The van der Waals surface area contributed by atoms with E-state index in [9.17, 15) is 18.0 Å². The first-order chi connectivity index (χ1) is 9.33. The summed E-state index contributed by atoms with van der Waals surface area (Å²) in [6, 6.07) is 8.73. The summed E-state index contributed by atoms with van der Waals surface area (Å²) in [7, 11) is 0. The highest BCUT2D eigenvalue weighted by atomic mass is 19.4. The normalized spacial score (nSPS) is 14.7. The molecule has 6 heteroatoms. The molecule has 20 heavy (non-hydrogen) atoms. The lowest BCUT2D eigenvalue weighted by Gasteiger charge is -2.22. The first kappa shape index (κ1) is 16.5. The van der Waals surface area contributed by atoms with Crippen LogP contribution in [0.25, 0.3) is 0 Å². The Hall–Kier alpha value is -1.56. The van der Waals surface area contributed by atoms with Crippen molar-refractivity contribution in [1.82, 2.24) is 10.6 Å². The number of carbonyl (C=O) groups excluding carboxylic acids is 1. The Morgan fingerprint density at radius 1 is 1.25 bits per heavy atom. The molecule has 1 aromatic rings. The van der Waals surface area contributed by atoms with E-state index in [-0.39, 0.29) is 6.04 Å². The lowest BCUT2D eigenvalue weighted by atomic mass is 10.0. The van der Waals surface area contributed by atoms with E-state index in [0.29, 0.717) is 0 Å². The van der Waals surface area contributed by atoms with Gasteiger partial charge in [-0.3, -0.25) is 10.1 Å². The van der Waals surface area contributed by atoms with Gasteiger partial charge in [0.15, 0.2) is 0 Å². The second-order valence-corrected chi connectivity index (χ2v) is 4.59. The molecule has 0 aliphatic heterocycles. The average Bonchev–Trinajstić information content (AvgIpc) is 2.42. The number of alkyl halides is 3. The molecule has 1 rings (SSSR count). The summed E-state index contributed by atoms with van der Waals surface area (Å²) in [5, 5.41) is 4.92. The number of halogens is 3. The molecule has 0 radical (unpaired) electrons. The number of hydrogen-bond acceptors (Lipinski definition) is 2. The molecule has 112 valence electrons. The van der Waals surface area contributed by atoms with E-state index < -0.39 is 24.7 Å². The SMILES string of the molecule is CCC(NC(C)C(=O)NCC(F)(F)F)c1ccccc1. The van der Waals surface area contributed by atoms with Crippen LogP contribution in [0.2, 0.25) is 0 Å².